The van der Waals surface area contributed by atoms with E-state index >= 15 is 0 Å². The molecule has 3 aromatic rings. The number of rotatable bonds is 10. The van der Waals surface area contributed by atoms with Crippen molar-refractivity contribution in [2.24, 2.45) is 4.99 Å². The molecule has 8 heteroatoms. The number of likely N-dealkylation sites (tertiary alicyclic amines) is 1. The highest BCUT2D eigenvalue weighted by molar-refractivity contribution is 9.10. The minimum absolute atomic E-state index is 0.0121. The van der Waals surface area contributed by atoms with Gasteiger partial charge in [-0.05, 0) is 78.9 Å². The summed E-state index contributed by atoms with van der Waals surface area (Å²) in [7, 11) is 1.63. The van der Waals surface area contributed by atoms with Gasteiger partial charge in [-0.3, -0.25) is 4.79 Å². The largest absolute Gasteiger partial charge is 0.497 e. The first-order valence-electron chi connectivity index (χ1n) is 13.8. The lowest BCUT2D eigenvalue weighted by Gasteiger charge is -2.37. The van der Waals surface area contributed by atoms with Gasteiger partial charge in [0.15, 0.2) is 11.6 Å². The van der Waals surface area contributed by atoms with Gasteiger partial charge in [0, 0.05) is 42.6 Å². The molecule has 210 valence electrons. The third-order valence-electron chi connectivity index (χ3n) is 7.43. The predicted octanol–water partition coefficient (Wildman–Crippen LogP) is 5.73. The van der Waals surface area contributed by atoms with Crippen LogP contribution in [0, 0.1) is 0 Å². The fourth-order valence-corrected chi connectivity index (χ4v) is 5.62. The minimum Gasteiger partial charge on any atom is -0.497 e. The van der Waals surface area contributed by atoms with Crippen LogP contribution in [0.3, 0.4) is 0 Å². The van der Waals surface area contributed by atoms with Gasteiger partial charge in [-0.2, -0.15) is 0 Å². The van der Waals surface area contributed by atoms with E-state index in [0.29, 0.717) is 36.8 Å². The monoisotopic (exact) mass is 606 g/mol. The van der Waals surface area contributed by atoms with E-state index in [-0.39, 0.29) is 12.5 Å². The van der Waals surface area contributed by atoms with Crippen LogP contribution in [0.2, 0.25) is 0 Å². The second kappa shape index (κ2) is 12.9. The second-order valence-corrected chi connectivity index (χ2v) is 11.1. The molecule has 2 aliphatic rings. The quantitative estimate of drug-likeness (QED) is 0.298. The SMILES string of the molecule is COc1cccc([C@H]2OC(c3ccc(OCCCO)cc3)=N[C@@]2(Cc2ccc(Br)cc2)C(=O)N2CCCCC2)c1. The van der Waals surface area contributed by atoms with Gasteiger partial charge in [-0.25, -0.2) is 4.99 Å². The van der Waals surface area contributed by atoms with Crippen LogP contribution in [0.25, 0.3) is 0 Å². The molecule has 2 aliphatic heterocycles. The summed E-state index contributed by atoms with van der Waals surface area (Å²) in [5, 5.41) is 9.04. The highest BCUT2D eigenvalue weighted by Gasteiger charge is 2.55. The number of benzene rings is 3. The van der Waals surface area contributed by atoms with E-state index in [1.807, 2.05) is 77.7 Å². The molecule has 0 aliphatic carbocycles. The molecular formula is C32H35BrN2O5. The van der Waals surface area contributed by atoms with Gasteiger partial charge in [-0.15, -0.1) is 0 Å². The van der Waals surface area contributed by atoms with E-state index < -0.39 is 11.6 Å². The molecule has 1 amide bonds. The molecule has 2 heterocycles. The van der Waals surface area contributed by atoms with Gasteiger partial charge in [0.25, 0.3) is 5.91 Å². The van der Waals surface area contributed by atoms with Gasteiger partial charge in [0.2, 0.25) is 5.90 Å². The number of methoxy groups -OCH3 is 1. The van der Waals surface area contributed by atoms with Crippen molar-refractivity contribution in [2.45, 2.75) is 43.7 Å². The molecule has 0 aromatic heterocycles. The topological polar surface area (TPSA) is 80.6 Å². The number of carbonyl (C=O) groups is 1. The second-order valence-electron chi connectivity index (χ2n) is 10.2. The Morgan fingerprint density at radius 2 is 1.80 bits per heavy atom. The van der Waals surface area contributed by atoms with Crippen molar-refractivity contribution in [3.8, 4) is 11.5 Å². The Kier molecular flexibility index (Phi) is 9.07. The van der Waals surface area contributed by atoms with Crippen molar-refractivity contribution in [3.63, 3.8) is 0 Å². The molecule has 2 atom stereocenters. The fraction of sp³-hybridized carbons (Fsp3) is 0.375. The minimum atomic E-state index is -1.19. The molecular weight excluding hydrogens is 572 g/mol. The normalized spacial score (nSPS) is 20.5. The zero-order valence-corrected chi connectivity index (χ0v) is 24.3. The molecule has 1 saturated heterocycles. The Morgan fingerprint density at radius 1 is 1.05 bits per heavy atom. The van der Waals surface area contributed by atoms with Crippen molar-refractivity contribution in [1.82, 2.24) is 4.90 Å². The summed E-state index contributed by atoms with van der Waals surface area (Å²) in [6, 6.07) is 23.3. The van der Waals surface area contributed by atoms with Crippen molar-refractivity contribution in [1.29, 1.82) is 0 Å². The molecule has 0 radical (unpaired) electrons. The smallest absolute Gasteiger partial charge is 0.255 e. The number of nitrogens with zero attached hydrogens (tertiary/aromatic N) is 2. The van der Waals surface area contributed by atoms with Gasteiger partial charge < -0.3 is 24.2 Å². The standard InChI is InChI=1S/C32H35BrN2O5/c1-38-28-8-5-7-25(21-28)29-32(22-23-9-13-26(33)14-10-23,31(37)35-17-3-2-4-18-35)34-30(40-29)24-11-15-27(16-12-24)39-20-6-19-36/h5,7-16,21,29,36H,2-4,6,17-20,22H2,1H3/t29-,32-/m1/s1. The third kappa shape index (κ3) is 6.18. The van der Waals surface area contributed by atoms with Crippen LogP contribution in [0.5, 0.6) is 11.5 Å². The van der Waals surface area contributed by atoms with Crippen molar-refractivity contribution < 1.29 is 24.1 Å². The van der Waals surface area contributed by atoms with Crippen LogP contribution >= 0.6 is 15.9 Å². The number of amides is 1. The van der Waals surface area contributed by atoms with E-state index in [1.165, 1.54) is 0 Å². The van der Waals surface area contributed by atoms with Gasteiger partial charge in [0.1, 0.15) is 11.5 Å². The van der Waals surface area contributed by atoms with E-state index in [1.54, 1.807) is 7.11 Å². The number of piperidine rings is 1. The zero-order valence-electron chi connectivity index (χ0n) is 22.7. The Bertz CT molecular complexity index is 1320. The highest BCUT2D eigenvalue weighted by Crippen LogP contribution is 2.44. The van der Waals surface area contributed by atoms with Gasteiger partial charge in [0.05, 0.1) is 13.7 Å². The number of aliphatic imine (C=N–C) groups is 1. The Labute approximate surface area is 243 Å². The van der Waals surface area contributed by atoms with E-state index in [4.69, 9.17) is 24.3 Å². The maximum Gasteiger partial charge on any atom is 0.255 e. The number of aliphatic hydroxyl groups is 1. The van der Waals surface area contributed by atoms with Crippen LogP contribution < -0.4 is 9.47 Å². The lowest BCUT2D eigenvalue weighted by Crippen LogP contribution is -2.53. The summed E-state index contributed by atoms with van der Waals surface area (Å²) in [4.78, 5) is 21.7. The van der Waals surface area contributed by atoms with E-state index in [2.05, 4.69) is 15.9 Å². The summed E-state index contributed by atoms with van der Waals surface area (Å²) in [6.45, 7) is 1.96. The molecule has 7 nitrogen and oxygen atoms in total. The summed E-state index contributed by atoms with van der Waals surface area (Å²) >= 11 is 3.53. The van der Waals surface area contributed by atoms with Crippen LogP contribution in [-0.2, 0) is 16.0 Å². The van der Waals surface area contributed by atoms with E-state index in [0.717, 1.165) is 53.5 Å². The predicted molar refractivity (Wildman–Crippen MR) is 158 cm³/mol. The number of carbonyl (C=O) groups excluding carboxylic acids is 1. The van der Waals surface area contributed by atoms with Crippen molar-refractivity contribution >= 4 is 27.7 Å². The number of ether oxygens (including phenoxy) is 3. The number of hydrogen-bond acceptors (Lipinski definition) is 6. The maximum atomic E-state index is 14.6. The first-order chi connectivity index (χ1) is 19.5. The van der Waals surface area contributed by atoms with E-state index in [9.17, 15) is 4.79 Å². The lowest BCUT2D eigenvalue weighted by molar-refractivity contribution is -0.140. The van der Waals surface area contributed by atoms with Crippen molar-refractivity contribution in [2.75, 3.05) is 33.4 Å². The first-order valence-corrected chi connectivity index (χ1v) is 14.6. The third-order valence-corrected chi connectivity index (χ3v) is 7.96. The Morgan fingerprint density at radius 3 is 2.50 bits per heavy atom. The fourth-order valence-electron chi connectivity index (χ4n) is 5.36. The molecule has 5 rings (SSSR count). The average molecular weight is 608 g/mol. The van der Waals surface area contributed by atoms with Crippen LogP contribution in [0.15, 0.2) is 82.3 Å². The van der Waals surface area contributed by atoms with Gasteiger partial charge >= 0.3 is 0 Å². The van der Waals surface area contributed by atoms with Crippen LogP contribution in [0.4, 0.5) is 0 Å². The summed E-state index contributed by atoms with van der Waals surface area (Å²) in [6.07, 6.45) is 3.41. The molecule has 0 bridgehead atoms. The highest BCUT2D eigenvalue weighted by atomic mass is 79.9. The van der Waals surface area contributed by atoms with Crippen LogP contribution in [-0.4, -0.2) is 60.8 Å². The summed E-state index contributed by atoms with van der Waals surface area (Å²) in [5.41, 5.74) is 1.42. The Balaban J connectivity index is 1.59. The number of aliphatic hydroxyl groups excluding tert-OH is 1. The summed E-state index contributed by atoms with van der Waals surface area (Å²) in [5.74, 6) is 1.81. The average Bonchev–Trinajstić information content (AvgIpc) is 3.39. The van der Waals surface area contributed by atoms with Crippen LogP contribution in [0.1, 0.15) is 48.5 Å². The number of hydrogen-bond donors (Lipinski definition) is 1. The molecule has 0 saturated carbocycles. The summed E-state index contributed by atoms with van der Waals surface area (Å²) < 4.78 is 18.9. The lowest BCUT2D eigenvalue weighted by atomic mass is 9.81. The molecule has 0 spiro atoms. The molecule has 1 N–H and O–H groups in total. The maximum absolute atomic E-state index is 14.6. The van der Waals surface area contributed by atoms with Crippen molar-refractivity contribution in [3.05, 3.63) is 94.0 Å². The zero-order chi connectivity index (χ0) is 28.0. The van der Waals surface area contributed by atoms with Gasteiger partial charge in [-0.1, -0.05) is 40.2 Å². The first kappa shape index (κ1) is 28.2. The Hall–Kier alpha value is -3.36. The molecule has 0 unspecified atom stereocenters. The molecule has 40 heavy (non-hydrogen) atoms. The molecule has 3 aromatic carbocycles. The molecule has 1 fully saturated rings. The number of halogens is 1.